The maximum Gasteiger partial charge on any atom is 0.408 e. The zero-order valence-electron chi connectivity index (χ0n) is 31.2. The number of aliphatic hydroxyl groups excluding tert-OH is 1. The topological polar surface area (TPSA) is 149 Å². The summed E-state index contributed by atoms with van der Waals surface area (Å²) in [4.78, 5) is 55.3. The number of piperidine rings is 1. The van der Waals surface area contributed by atoms with Crippen molar-refractivity contribution in [3.8, 4) is 0 Å². The Morgan fingerprint density at radius 1 is 0.843 bits per heavy atom. The number of β-amino-alcohol motifs (C(OH)–C–C–N with tert-alkyl or cyclic N) is 1. The van der Waals surface area contributed by atoms with Crippen molar-refractivity contribution in [2.45, 2.75) is 122 Å². The molecule has 0 spiro atoms. The highest BCUT2D eigenvalue weighted by atomic mass is 16.5. The summed E-state index contributed by atoms with van der Waals surface area (Å²) < 4.78 is 5.26. The monoisotopic (exact) mass is 705 g/mol. The van der Waals surface area contributed by atoms with Gasteiger partial charge in [0.1, 0.15) is 18.7 Å². The predicted octanol–water partition coefficient (Wildman–Crippen LogP) is 4.33. The molecular weight excluding hydrogens is 646 g/mol. The highest BCUT2D eigenvalue weighted by molar-refractivity contribution is 5.91. The van der Waals surface area contributed by atoms with Crippen LogP contribution in [0, 0.1) is 17.8 Å². The zero-order valence-corrected chi connectivity index (χ0v) is 31.2. The number of alkyl carbamates (subject to hydrolysis) is 1. The van der Waals surface area contributed by atoms with Crippen LogP contribution in [0.1, 0.15) is 84.8 Å². The van der Waals surface area contributed by atoms with E-state index in [-0.39, 0.29) is 36.6 Å². The lowest BCUT2D eigenvalue weighted by molar-refractivity contribution is -0.134. The van der Waals surface area contributed by atoms with E-state index in [2.05, 4.69) is 26.2 Å². The van der Waals surface area contributed by atoms with Gasteiger partial charge in [-0.15, -0.1) is 0 Å². The van der Waals surface area contributed by atoms with Gasteiger partial charge in [0, 0.05) is 18.6 Å². The third-order valence-electron chi connectivity index (χ3n) is 10.0. The van der Waals surface area contributed by atoms with Gasteiger partial charge in [-0.3, -0.25) is 19.3 Å². The van der Waals surface area contributed by atoms with Crippen LogP contribution in [-0.4, -0.2) is 82.7 Å². The highest BCUT2D eigenvalue weighted by Gasteiger charge is 2.42. The lowest BCUT2D eigenvalue weighted by Gasteiger charge is -2.47. The summed E-state index contributed by atoms with van der Waals surface area (Å²) in [5, 5.41) is 23.4. The van der Waals surface area contributed by atoms with E-state index >= 15 is 0 Å². The summed E-state index contributed by atoms with van der Waals surface area (Å²) in [5.41, 5.74) is 1.36. The molecule has 0 radical (unpaired) electrons. The Morgan fingerprint density at radius 3 is 2.06 bits per heavy atom. The Labute approximate surface area is 303 Å². The van der Waals surface area contributed by atoms with Gasteiger partial charge in [0.15, 0.2) is 0 Å². The third-order valence-corrected chi connectivity index (χ3v) is 10.0. The number of fused-ring (bicyclic) bond motifs is 1. The van der Waals surface area contributed by atoms with Crippen molar-refractivity contribution in [1.82, 2.24) is 26.2 Å². The average Bonchev–Trinajstić information content (AvgIpc) is 3.08. The molecule has 1 aliphatic carbocycles. The number of nitrogens with zero attached hydrogens (tertiary/aromatic N) is 1. The molecule has 51 heavy (non-hydrogen) atoms. The largest absolute Gasteiger partial charge is 0.445 e. The quantitative estimate of drug-likeness (QED) is 0.197. The van der Waals surface area contributed by atoms with E-state index in [4.69, 9.17) is 4.74 Å². The molecular formula is C40H59N5O6. The Hall–Kier alpha value is -3.96. The number of ether oxygens (including phenoxy) is 1. The number of hydrogen-bond donors (Lipinski definition) is 5. The van der Waals surface area contributed by atoms with Crippen molar-refractivity contribution < 1.29 is 29.0 Å². The van der Waals surface area contributed by atoms with Gasteiger partial charge in [-0.25, -0.2) is 4.79 Å². The second-order valence-electron chi connectivity index (χ2n) is 15.8. The molecule has 2 aromatic rings. The van der Waals surface area contributed by atoms with Crippen LogP contribution in [0.25, 0.3) is 0 Å². The van der Waals surface area contributed by atoms with Gasteiger partial charge in [-0.05, 0) is 75.8 Å². The molecule has 1 heterocycles. The Kier molecular flexibility index (Phi) is 14.4. The lowest BCUT2D eigenvalue weighted by Crippen LogP contribution is -2.61. The maximum atomic E-state index is 13.9. The van der Waals surface area contributed by atoms with Crippen LogP contribution in [0.15, 0.2) is 60.7 Å². The van der Waals surface area contributed by atoms with Crippen molar-refractivity contribution in [3.63, 3.8) is 0 Å². The molecule has 0 bridgehead atoms. The van der Waals surface area contributed by atoms with E-state index in [1.807, 2.05) is 95.3 Å². The van der Waals surface area contributed by atoms with Gasteiger partial charge in [-0.1, -0.05) is 93.8 Å². The molecule has 4 rings (SSSR count). The van der Waals surface area contributed by atoms with Crippen LogP contribution in [0.2, 0.25) is 0 Å². The highest BCUT2D eigenvalue weighted by Crippen LogP contribution is 2.39. The molecule has 5 N–H and O–H groups in total. The van der Waals surface area contributed by atoms with Crippen LogP contribution in [0.5, 0.6) is 0 Å². The second-order valence-corrected chi connectivity index (χ2v) is 15.8. The SMILES string of the molecule is CC(C)[C@H](NC(=O)[C@H](C)NC(=O)OCc1ccccc1)C(=O)N[C@@H](Cc1ccccc1)[C@H](O)CN1C[C@H]2CCCC[C@H]2C[C@H]1C(=O)NC(C)(C)C. The van der Waals surface area contributed by atoms with Crippen LogP contribution in [0.4, 0.5) is 4.79 Å². The molecule has 7 atom stereocenters. The number of carbonyl (C=O) groups is 4. The van der Waals surface area contributed by atoms with Crippen molar-refractivity contribution in [2.24, 2.45) is 17.8 Å². The Balaban J connectivity index is 1.45. The molecule has 2 fully saturated rings. The molecule has 2 aliphatic rings. The van der Waals surface area contributed by atoms with Crippen LogP contribution in [-0.2, 0) is 32.1 Å². The number of amides is 4. The first-order valence-corrected chi connectivity index (χ1v) is 18.6. The lowest BCUT2D eigenvalue weighted by atomic mass is 9.72. The molecule has 1 saturated heterocycles. The van der Waals surface area contributed by atoms with Crippen molar-refractivity contribution in [1.29, 1.82) is 0 Å². The predicted molar refractivity (Wildman–Crippen MR) is 197 cm³/mol. The first-order chi connectivity index (χ1) is 24.2. The van der Waals surface area contributed by atoms with E-state index in [1.165, 1.54) is 19.8 Å². The van der Waals surface area contributed by atoms with Crippen molar-refractivity contribution in [2.75, 3.05) is 13.1 Å². The Bertz CT molecular complexity index is 1430. The standard InChI is InChI=1S/C40H59N5O6/c1-26(2)35(43-36(47)27(3)41-39(50)51-25-29-17-11-8-12-18-29)38(49)42-32(21-28-15-9-7-10-16-28)34(46)24-45-23-31-20-14-13-19-30(31)22-33(45)37(48)44-40(4,5)6/h7-12,15-18,26-27,30-35,46H,13-14,19-25H2,1-6H3,(H,41,50)(H,42,49)(H,43,47)(H,44,48)/t27-,30-,31+,32-,33-,34+,35-/m0/s1. The van der Waals surface area contributed by atoms with Gasteiger partial charge < -0.3 is 31.1 Å². The minimum absolute atomic E-state index is 0.0309. The van der Waals surface area contributed by atoms with Gasteiger partial charge in [-0.2, -0.15) is 0 Å². The van der Waals surface area contributed by atoms with Gasteiger partial charge >= 0.3 is 6.09 Å². The molecule has 2 aromatic carbocycles. The molecule has 1 aliphatic heterocycles. The fourth-order valence-electron chi connectivity index (χ4n) is 7.24. The third kappa shape index (κ3) is 12.3. The zero-order chi connectivity index (χ0) is 37.1. The number of carbonyl (C=O) groups excluding carboxylic acids is 4. The summed E-state index contributed by atoms with van der Waals surface area (Å²) in [6, 6.07) is 15.9. The first kappa shape index (κ1) is 39.8. The normalized spacial score (nSPS) is 21.7. The number of nitrogens with one attached hydrogen (secondary N) is 4. The number of benzene rings is 2. The molecule has 1 saturated carbocycles. The fraction of sp³-hybridized carbons (Fsp3) is 0.600. The van der Waals surface area contributed by atoms with E-state index in [9.17, 15) is 24.3 Å². The van der Waals surface area contributed by atoms with Crippen LogP contribution >= 0.6 is 0 Å². The van der Waals surface area contributed by atoms with Gasteiger partial charge in [0.05, 0.1) is 18.2 Å². The number of rotatable bonds is 14. The summed E-state index contributed by atoms with van der Waals surface area (Å²) in [5.74, 6) is -0.346. The van der Waals surface area contributed by atoms with Crippen molar-refractivity contribution in [3.05, 3.63) is 71.8 Å². The first-order valence-electron chi connectivity index (χ1n) is 18.6. The van der Waals surface area contributed by atoms with E-state index in [0.717, 1.165) is 36.9 Å². The minimum Gasteiger partial charge on any atom is -0.445 e. The van der Waals surface area contributed by atoms with E-state index in [1.54, 1.807) is 0 Å². The molecule has 4 amide bonds. The van der Waals surface area contributed by atoms with Crippen LogP contribution in [0.3, 0.4) is 0 Å². The molecule has 0 aromatic heterocycles. The number of hydrogen-bond acceptors (Lipinski definition) is 7. The van der Waals surface area contributed by atoms with Crippen molar-refractivity contribution >= 4 is 23.8 Å². The van der Waals surface area contributed by atoms with Gasteiger partial charge in [0.25, 0.3) is 0 Å². The molecule has 11 heteroatoms. The summed E-state index contributed by atoms with van der Waals surface area (Å²) in [6.45, 7) is 12.1. The summed E-state index contributed by atoms with van der Waals surface area (Å²) in [6.07, 6.45) is 3.96. The summed E-state index contributed by atoms with van der Waals surface area (Å²) >= 11 is 0. The van der Waals surface area contributed by atoms with Gasteiger partial charge in [0.2, 0.25) is 17.7 Å². The molecule has 0 unspecified atom stereocenters. The summed E-state index contributed by atoms with van der Waals surface area (Å²) in [7, 11) is 0. The van der Waals surface area contributed by atoms with E-state index < -0.39 is 42.1 Å². The number of likely N-dealkylation sites (tertiary alicyclic amines) is 1. The maximum absolute atomic E-state index is 13.9. The Morgan fingerprint density at radius 2 is 1.45 bits per heavy atom. The van der Waals surface area contributed by atoms with Crippen LogP contribution < -0.4 is 21.3 Å². The van der Waals surface area contributed by atoms with E-state index in [0.29, 0.717) is 18.3 Å². The molecule has 280 valence electrons. The minimum atomic E-state index is -0.997. The smallest absolute Gasteiger partial charge is 0.408 e. The second kappa shape index (κ2) is 18.5. The fourth-order valence-corrected chi connectivity index (χ4v) is 7.24. The molecule has 11 nitrogen and oxygen atoms in total. The average molecular weight is 706 g/mol. The number of aliphatic hydroxyl groups is 1.